The molecule has 0 bridgehead atoms. The summed E-state index contributed by atoms with van der Waals surface area (Å²) in [6.07, 6.45) is 7.15. The van der Waals surface area contributed by atoms with Crippen LogP contribution in [0.2, 0.25) is 0 Å². The van der Waals surface area contributed by atoms with Gasteiger partial charge in [0.25, 0.3) is 0 Å². The lowest BCUT2D eigenvalue weighted by molar-refractivity contribution is 0.635. The highest BCUT2D eigenvalue weighted by atomic mass is 15.2. The summed E-state index contributed by atoms with van der Waals surface area (Å²) in [6.45, 7) is 2.33. The molecule has 5 nitrogen and oxygen atoms in total. The van der Waals surface area contributed by atoms with Crippen molar-refractivity contribution in [3.63, 3.8) is 0 Å². The summed E-state index contributed by atoms with van der Waals surface area (Å²) >= 11 is 0. The fourth-order valence-corrected chi connectivity index (χ4v) is 10.6. The van der Waals surface area contributed by atoms with Crippen LogP contribution in [0.5, 0.6) is 0 Å². The first-order chi connectivity index (χ1) is 34.1. The van der Waals surface area contributed by atoms with Gasteiger partial charge in [0.1, 0.15) is 0 Å². The summed E-state index contributed by atoms with van der Waals surface area (Å²) < 4.78 is 4.69. The predicted molar refractivity (Wildman–Crippen MR) is 286 cm³/mol. The van der Waals surface area contributed by atoms with Crippen molar-refractivity contribution in [1.29, 1.82) is 0 Å². The van der Waals surface area contributed by atoms with Gasteiger partial charge in [0.05, 0.1) is 27.8 Å². The average molecular weight is 884 g/mol. The largest absolute Gasteiger partial charge is 0.309 e. The van der Waals surface area contributed by atoms with Crippen molar-refractivity contribution >= 4 is 49.2 Å². The van der Waals surface area contributed by atoms with E-state index in [0.717, 1.165) is 49.7 Å². The number of benzene rings is 9. The van der Waals surface area contributed by atoms with E-state index in [4.69, 9.17) is 15.0 Å². The van der Waals surface area contributed by atoms with Crippen molar-refractivity contribution in [2.24, 2.45) is 5.92 Å². The lowest BCUT2D eigenvalue weighted by Gasteiger charge is -2.27. The Balaban J connectivity index is 1.06. The Hall–Kier alpha value is -8.93. The van der Waals surface area contributed by atoms with Gasteiger partial charge in [0.15, 0.2) is 11.6 Å². The van der Waals surface area contributed by atoms with Crippen LogP contribution in [0.3, 0.4) is 0 Å². The van der Waals surface area contributed by atoms with Crippen molar-refractivity contribution in [1.82, 2.24) is 24.1 Å². The Morgan fingerprint density at radius 1 is 0.391 bits per heavy atom. The van der Waals surface area contributed by atoms with Crippen molar-refractivity contribution in [3.05, 3.63) is 254 Å². The van der Waals surface area contributed by atoms with Crippen molar-refractivity contribution in [3.8, 4) is 56.7 Å². The quantitative estimate of drug-likeness (QED) is 0.153. The minimum atomic E-state index is 0.0147. The first-order valence-corrected chi connectivity index (χ1v) is 23.7. The maximum absolute atomic E-state index is 5.51. The van der Waals surface area contributed by atoms with E-state index in [9.17, 15) is 0 Å². The van der Waals surface area contributed by atoms with Gasteiger partial charge in [-0.15, -0.1) is 0 Å². The normalized spacial score (nSPS) is 14.8. The van der Waals surface area contributed by atoms with E-state index in [1.54, 1.807) is 0 Å². The molecule has 9 aromatic carbocycles. The minimum absolute atomic E-state index is 0.0147. The number of hydrogen-bond acceptors (Lipinski definition) is 3. The van der Waals surface area contributed by atoms with Gasteiger partial charge in [-0.1, -0.05) is 207 Å². The summed E-state index contributed by atoms with van der Waals surface area (Å²) in [6, 6.07) is 79.9. The molecule has 69 heavy (non-hydrogen) atoms. The molecule has 12 aromatic rings. The highest BCUT2D eigenvalue weighted by Crippen LogP contribution is 2.43. The van der Waals surface area contributed by atoms with Gasteiger partial charge >= 0.3 is 0 Å². The van der Waals surface area contributed by atoms with Gasteiger partial charge in [0, 0.05) is 44.2 Å². The minimum Gasteiger partial charge on any atom is -0.309 e. The standard InChI is InChI=1S/C64H45N5/c1-42-35-36-48(47-26-17-25-46(39-47)43-19-5-2-6-20-43)40-55(42)56-41-49(37-38-60(56)68-57-32-14-11-27-51(57)52-28-12-15-33-58(52)68)63-65-62(45-23-9-4-10-24-45)66-64(67-63)69-59-34-16-13-29-53(59)54-31-18-30-50(61(54)69)44-21-7-3-8-22-44/h2-42,55H,1H3. The number of nitrogens with zero attached hydrogens (tertiary/aromatic N) is 5. The monoisotopic (exact) mass is 883 g/mol. The van der Waals surface area contributed by atoms with E-state index in [-0.39, 0.29) is 11.8 Å². The van der Waals surface area contributed by atoms with E-state index >= 15 is 0 Å². The van der Waals surface area contributed by atoms with Crippen LogP contribution in [-0.4, -0.2) is 24.1 Å². The molecule has 2 atom stereocenters. The topological polar surface area (TPSA) is 48.5 Å². The summed E-state index contributed by atoms with van der Waals surface area (Å²) in [7, 11) is 0. The van der Waals surface area contributed by atoms with E-state index in [1.165, 1.54) is 49.6 Å². The van der Waals surface area contributed by atoms with Crippen LogP contribution >= 0.6 is 0 Å². The molecule has 326 valence electrons. The lowest BCUT2D eigenvalue weighted by Crippen LogP contribution is -2.13. The molecular formula is C64H45N5. The van der Waals surface area contributed by atoms with Crippen LogP contribution in [0.1, 0.15) is 24.0 Å². The zero-order chi connectivity index (χ0) is 45.8. The maximum atomic E-state index is 5.51. The third kappa shape index (κ3) is 6.98. The Labute approximate surface area is 400 Å². The Kier molecular flexibility index (Phi) is 9.79. The summed E-state index contributed by atoms with van der Waals surface area (Å²) in [5.41, 5.74) is 15.6. The molecular weight excluding hydrogens is 839 g/mol. The maximum Gasteiger partial charge on any atom is 0.238 e. The van der Waals surface area contributed by atoms with Crippen LogP contribution in [0.15, 0.2) is 243 Å². The molecule has 0 saturated heterocycles. The van der Waals surface area contributed by atoms with Crippen LogP contribution in [0.4, 0.5) is 0 Å². The summed E-state index contributed by atoms with van der Waals surface area (Å²) in [5, 5.41) is 4.74. The van der Waals surface area contributed by atoms with Crippen molar-refractivity contribution in [2.45, 2.75) is 12.8 Å². The SMILES string of the molecule is CC1C=CC(c2cccc(-c3ccccc3)c2)=CC1c1cc(-c2nc(-c3ccccc3)nc(-n3c4ccccc4c4cccc(-c5ccccc5)c43)n2)ccc1-n1c2ccccc2c2ccccc21. The zero-order valence-corrected chi connectivity index (χ0v) is 38.0. The molecule has 1 aliphatic rings. The molecule has 0 amide bonds. The van der Waals surface area contributed by atoms with E-state index in [0.29, 0.717) is 17.6 Å². The molecule has 3 heterocycles. The van der Waals surface area contributed by atoms with Gasteiger partial charge in [-0.2, -0.15) is 9.97 Å². The molecule has 2 unspecified atom stereocenters. The summed E-state index contributed by atoms with van der Waals surface area (Å²) in [4.78, 5) is 16.2. The molecule has 0 spiro atoms. The van der Waals surface area contributed by atoms with Gasteiger partial charge in [-0.25, -0.2) is 4.98 Å². The number of hydrogen-bond donors (Lipinski definition) is 0. The first kappa shape index (κ1) is 40.4. The van der Waals surface area contributed by atoms with Crippen LogP contribution in [-0.2, 0) is 0 Å². The second kappa shape index (κ2) is 16.7. The van der Waals surface area contributed by atoms with E-state index in [1.807, 2.05) is 18.2 Å². The third-order valence-electron chi connectivity index (χ3n) is 13.9. The van der Waals surface area contributed by atoms with E-state index in [2.05, 4.69) is 241 Å². The first-order valence-electron chi connectivity index (χ1n) is 23.7. The number of fused-ring (bicyclic) bond motifs is 6. The highest BCUT2D eigenvalue weighted by Gasteiger charge is 2.27. The van der Waals surface area contributed by atoms with Gasteiger partial charge in [-0.05, 0) is 81.8 Å². The van der Waals surface area contributed by atoms with Crippen LogP contribution in [0.25, 0.3) is 106 Å². The molecule has 0 aliphatic heterocycles. The number of para-hydroxylation sites is 4. The second-order valence-corrected chi connectivity index (χ2v) is 18.0. The Morgan fingerprint density at radius 3 is 1.59 bits per heavy atom. The number of allylic oxidation sites excluding steroid dienone is 4. The average Bonchev–Trinajstić information content (AvgIpc) is 3.95. The molecule has 0 fully saturated rings. The Morgan fingerprint density at radius 2 is 0.913 bits per heavy atom. The zero-order valence-electron chi connectivity index (χ0n) is 38.0. The van der Waals surface area contributed by atoms with Gasteiger partial charge in [-0.3, -0.25) is 4.57 Å². The fourth-order valence-electron chi connectivity index (χ4n) is 10.6. The number of aromatic nitrogens is 5. The van der Waals surface area contributed by atoms with Crippen molar-refractivity contribution < 1.29 is 0 Å². The summed E-state index contributed by atoms with van der Waals surface area (Å²) in [5.74, 6) is 1.99. The molecule has 5 heteroatoms. The predicted octanol–water partition coefficient (Wildman–Crippen LogP) is 16.1. The molecule has 1 aliphatic carbocycles. The lowest BCUT2D eigenvalue weighted by atomic mass is 9.79. The molecule has 0 saturated carbocycles. The van der Waals surface area contributed by atoms with Crippen LogP contribution in [0, 0.1) is 5.92 Å². The molecule has 13 rings (SSSR count). The fraction of sp³-hybridized carbons (Fsp3) is 0.0469. The molecule has 0 radical (unpaired) electrons. The number of rotatable bonds is 8. The van der Waals surface area contributed by atoms with Crippen molar-refractivity contribution in [2.75, 3.05) is 0 Å². The van der Waals surface area contributed by atoms with Crippen LogP contribution < -0.4 is 0 Å². The van der Waals surface area contributed by atoms with Gasteiger partial charge < -0.3 is 4.57 Å². The van der Waals surface area contributed by atoms with Gasteiger partial charge in [0.2, 0.25) is 5.95 Å². The highest BCUT2D eigenvalue weighted by molar-refractivity contribution is 6.13. The second-order valence-electron chi connectivity index (χ2n) is 18.0. The Bertz CT molecular complexity index is 3920. The van der Waals surface area contributed by atoms with E-state index < -0.39 is 0 Å². The third-order valence-corrected chi connectivity index (χ3v) is 13.9. The smallest absolute Gasteiger partial charge is 0.238 e. The molecule has 3 aromatic heterocycles. The molecule has 0 N–H and O–H groups in total.